The molecule has 7 aliphatic carbocycles. The molecule has 0 amide bonds. The van der Waals surface area contributed by atoms with Crippen LogP contribution in [0.5, 0.6) is 0 Å². The van der Waals surface area contributed by atoms with Crippen molar-refractivity contribution >= 4 is 0 Å². The van der Waals surface area contributed by atoms with E-state index in [2.05, 4.69) is 271 Å². The quantitative estimate of drug-likeness (QED) is 0.140. The minimum Gasteiger partial charge on any atom is -0.260 e. The normalized spacial score (nSPS) is 12.5. The monoisotopic (exact) mass is 1550 g/mol. The smallest absolute Gasteiger partial charge is 0.0548 e. The summed E-state index contributed by atoms with van der Waals surface area (Å²) < 4.78 is 0. The first-order valence-corrected chi connectivity index (χ1v) is 41.6. The summed E-state index contributed by atoms with van der Waals surface area (Å²) in [5.74, 6) is 0. The lowest BCUT2D eigenvalue weighted by atomic mass is 9.96. The van der Waals surface area contributed by atoms with Crippen LogP contribution in [0.3, 0.4) is 0 Å². The van der Waals surface area contributed by atoms with Crippen LogP contribution in [-0.2, 0) is 44.9 Å². The molecule has 0 fully saturated rings. The number of rotatable bonds is 0. The van der Waals surface area contributed by atoms with E-state index in [1.165, 1.54) is 269 Å². The second-order valence-corrected chi connectivity index (χ2v) is 34.1. The summed E-state index contributed by atoms with van der Waals surface area (Å²) in [5.41, 5.74) is 68.9. The molecule has 0 bridgehead atoms. The van der Waals surface area contributed by atoms with Crippen LogP contribution in [0.15, 0.2) is 91.9 Å². The SMILES string of the molecule is Cc1cc(C)c2c(n1)Cc1ncc(C)c(C)c1-2.Cc1cc2c(nc1C)Cc1ncc(C)c(C)c1-2.Cc1ccc2c(n1)Cc1nc(C)c(C)c(C)c1-2.Cc1ccc2c(n1)Cc1ncc(C)c(C)c1-2.Cc1ccnc2c1-c1c(nc(C)c(C)c1C)C2.Cc1cnc2c(c1)-c1c(nc(C)c(C)c1C)C2.Cc1cnc2c(c1C)-c1c(ncc(C)c1C)C2. The van der Waals surface area contributed by atoms with Crippen LogP contribution in [0, 0.1) is 187 Å². The Labute approximate surface area is 698 Å². The minimum absolute atomic E-state index is 0.882. The lowest BCUT2D eigenvalue weighted by Gasteiger charge is -2.12. The van der Waals surface area contributed by atoms with Gasteiger partial charge < -0.3 is 0 Å². The van der Waals surface area contributed by atoms with Crippen molar-refractivity contribution in [3.05, 3.63) is 323 Å². The molecule has 0 spiro atoms. The van der Waals surface area contributed by atoms with E-state index in [9.17, 15) is 0 Å². The predicted molar refractivity (Wildman–Crippen MR) is 480 cm³/mol. The van der Waals surface area contributed by atoms with Crippen molar-refractivity contribution in [1.82, 2.24) is 69.8 Å². The molecule has 0 aliphatic heterocycles. The third-order valence-corrected chi connectivity index (χ3v) is 26.3. The molecule has 0 aromatic carbocycles. The molecule has 596 valence electrons. The maximum atomic E-state index is 4.73. The number of fused-ring (bicyclic) bond motifs is 21. The number of nitrogens with zero attached hydrogens (tertiary/aromatic N) is 14. The molecule has 21 rings (SSSR count). The highest BCUT2D eigenvalue weighted by atomic mass is 14.8. The highest BCUT2D eigenvalue weighted by Crippen LogP contribution is 2.47. The molecule has 14 nitrogen and oxygen atoms in total. The van der Waals surface area contributed by atoms with Crippen molar-refractivity contribution in [2.45, 2.75) is 232 Å². The van der Waals surface area contributed by atoms with E-state index in [0.29, 0.717) is 0 Å². The van der Waals surface area contributed by atoms with Crippen molar-refractivity contribution in [2.75, 3.05) is 0 Å². The fourth-order valence-electron chi connectivity index (χ4n) is 18.2. The number of hydrogen-bond acceptors (Lipinski definition) is 14. The molecule has 0 saturated heterocycles. The van der Waals surface area contributed by atoms with E-state index >= 15 is 0 Å². The van der Waals surface area contributed by atoms with Gasteiger partial charge in [-0.1, -0.05) is 12.1 Å². The standard InChI is InChI=1S/6C15H16N2.C14H14N2/c1-8-6-16-12-5-13-15(14(12)10(8)3)11(4)9(2)7-17-13;1-8-5-12-13(17-11(8)4)6-14-15(12)10(3)9(2)7-16-14;1-8-5-10(3)17-13-6-12-15(14(8)13)11(4)9(2)7-16-12;1-8-5-12-13(16-7-8)6-14-15(12)10(3)9(2)11(4)17-14;1-8-5-6-16-12-7-13-15(14(8)12)10(3)9(2)11(4)17-13;1-8-5-6-12-13(16-8)7-14-15(12)10(3)9(2)11(4)17-14;1-8-7-15-13-6-12-11(14(13)10(8)3)5-4-9(2)16-12/h6-7H,5H2,1-4H3;3*5,7H,6H2,1-4H3;2*5-6H,7H2,1-4H3;4-5,7H,6H2,1-3H3. The van der Waals surface area contributed by atoms with Gasteiger partial charge in [0.25, 0.3) is 0 Å². The Kier molecular flexibility index (Phi) is 21.9. The van der Waals surface area contributed by atoms with E-state index in [4.69, 9.17) is 19.9 Å². The number of aryl methyl sites for hydroxylation is 16. The summed E-state index contributed by atoms with van der Waals surface area (Å²) in [6.45, 7) is 57.6. The van der Waals surface area contributed by atoms with Crippen LogP contribution >= 0.6 is 0 Å². The molecule has 14 heterocycles. The lowest BCUT2D eigenvalue weighted by Crippen LogP contribution is -1.98. The Balaban J connectivity index is 0.000000108. The van der Waals surface area contributed by atoms with Crippen molar-refractivity contribution in [1.29, 1.82) is 0 Å². The van der Waals surface area contributed by atoms with E-state index in [-0.39, 0.29) is 0 Å². The molecule has 0 atom stereocenters. The molecule has 0 radical (unpaired) electrons. The Morgan fingerprint density at radius 1 is 0.178 bits per heavy atom. The molecule has 14 aromatic heterocycles. The van der Waals surface area contributed by atoms with E-state index in [0.717, 1.165) is 84.8 Å². The lowest BCUT2D eigenvalue weighted by molar-refractivity contribution is 1.00. The third-order valence-electron chi connectivity index (χ3n) is 26.3. The summed E-state index contributed by atoms with van der Waals surface area (Å²) in [7, 11) is 0. The van der Waals surface area contributed by atoms with Crippen LogP contribution in [0.1, 0.15) is 231 Å². The molecule has 0 saturated carbocycles. The Morgan fingerprint density at radius 2 is 0.475 bits per heavy atom. The fourth-order valence-corrected chi connectivity index (χ4v) is 18.2. The Hall–Kier alpha value is -11.9. The van der Waals surface area contributed by atoms with Gasteiger partial charge in [0.2, 0.25) is 0 Å². The maximum absolute atomic E-state index is 4.73. The predicted octanol–water partition coefficient (Wildman–Crippen LogP) is 22.7. The van der Waals surface area contributed by atoms with Gasteiger partial charge in [0.15, 0.2) is 0 Å². The zero-order valence-corrected chi connectivity index (χ0v) is 74.4. The van der Waals surface area contributed by atoms with Gasteiger partial charge in [-0.05, 0) is 335 Å². The van der Waals surface area contributed by atoms with Crippen molar-refractivity contribution in [2.24, 2.45) is 0 Å². The molecule has 118 heavy (non-hydrogen) atoms. The van der Waals surface area contributed by atoms with E-state index in [1.54, 1.807) is 0 Å². The largest absolute Gasteiger partial charge is 0.260 e. The zero-order chi connectivity index (χ0) is 84.2. The average Bonchev–Trinajstić information content (AvgIpc) is 1.71. The minimum atomic E-state index is 0.882. The van der Waals surface area contributed by atoms with E-state index in [1.807, 2.05) is 57.2 Å². The van der Waals surface area contributed by atoms with Crippen LogP contribution in [0.2, 0.25) is 0 Å². The summed E-state index contributed by atoms with van der Waals surface area (Å²) in [4.78, 5) is 64.6. The second kappa shape index (κ2) is 31.9. The van der Waals surface area contributed by atoms with Gasteiger partial charge in [0.05, 0.1) is 79.7 Å². The van der Waals surface area contributed by atoms with Crippen molar-refractivity contribution in [3.63, 3.8) is 0 Å². The maximum Gasteiger partial charge on any atom is 0.0548 e. The third kappa shape index (κ3) is 14.7. The topological polar surface area (TPSA) is 180 Å². The van der Waals surface area contributed by atoms with Crippen LogP contribution in [0.25, 0.3) is 77.9 Å². The van der Waals surface area contributed by atoms with Gasteiger partial charge in [0.1, 0.15) is 0 Å². The Bertz CT molecular complexity index is 6500. The summed E-state index contributed by atoms with van der Waals surface area (Å²) >= 11 is 0. The van der Waals surface area contributed by atoms with Gasteiger partial charge in [-0.2, -0.15) is 0 Å². The second-order valence-electron chi connectivity index (χ2n) is 34.1. The summed E-state index contributed by atoms with van der Waals surface area (Å²) in [6.07, 6.45) is 19.9. The van der Waals surface area contributed by atoms with Gasteiger partial charge in [-0.25, -0.2) is 0 Å². The highest BCUT2D eigenvalue weighted by Gasteiger charge is 2.32. The molecule has 14 heteroatoms. The van der Waals surface area contributed by atoms with E-state index < -0.39 is 0 Å². The molecule has 14 aromatic rings. The first-order chi connectivity index (χ1) is 56.2. The first kappa shape index (κ1) is 81.3. The van der Waals surface area contributed by atoms with Crippen molar-refractivity contribution < 1.29 is 0 Å². The first-order valence-electron chi connectivity index (χ1n) is 41.6. The van der Waals surface area contributed by atoms with Gasteiger partial charge in [0, 0.05) is 206 Å². The van der Waals surface area contributed by atoms with Gasteiger partial charge in [-0.3, -0.25) is 69.8 Å². The molecule has 0 N–H and O–H groups in total. The summed E-state index contributed by atoms with van der Waals surface area (Å²) in [5, 5.41) is 0. The molecule has 7 aliphatic rings. The number of hydrogen-bond donors (Lipinski definition) is 0. The summed E-state index contributed by atoms with van der Waals surface area (Å²) in [6, 6.07) is 17.3. The fraction of sp³-hybridized carbons (Fsp3) is 0.327. The van der Waals surface area contributed by atoms with Crippen molar-refractivity contribution in [3.8, 4) is 77.9 Å². The zero-order valence-electron chi connectivity index (χ0n) is 74.4. The van der Waals surface area contributed by atoms with Crippen LogP contribution in [0.4, 0.5) is 0 Å². The number of pyridine rings is 14. The molecular formula is C104H110N14. The average molecular weight is 1560 g/mol. The molecule has 0 unspecified atom stereocenters. The van der Waals surface area contributed by atoms with Gasteiger partial charge >= 0.3 is 0 Å². The highest BCUT2D eigenvalue weighted by molar-refractivity contribution is 5.85. The molecular weight excluding hydrogens is 1450 g/mol. The van der Waals surface area contributed by atoms with Gasteiger partial charge in [-0.15, -0.1) is 0 Å². The Morgan fingerprint density at radius 3 is 0.949 bits per heavy atom. The van der Waals surface area contributed by atoms with Crippen LogP contribution in [-0.4, -0.2) is 69.8 Å². The number of aromatic nitrogens is 14. The van der Waals surface area contributed by atoms with Crippen LogP contribution < -0.4 is 0 Å².